The predicted octanol–water partition coefficient (Wildman–Crippen LogP) is 3.57. The molecular formula is C21H31NO4. The van der Waals surface area contributed by atoms with Crippen LogP contribution in [0.15, 0.2) is 0 Å². The first kappa shape index (κ1) is 19.2. The summed E-state index contributed by atoms with van der Waals surface area (Å²) < 4.78 is 11.6. The van der Waals surface area contributed by atoms with Gasteiger partial charge in [-0.1, -0.05) is 48.5 Å². The number of fused-ring (bicyclic) bond motifs is 1. The van der Waals surface area contributed by atoms with Crippen LogP contribution >= 0.6 is 0 Å². The van der Waals surface area contributed by atoms with Gasteiger partial charge in [-0.05, 0) is 29.6 Å². The third-order valence-corrected chi connectivity index (χ3v) is 7.29. The van der Waals surface area contributed by atoms with Crippen molar-refractivity contribution in [2.75, 3.05) is 0 Å². The zero-order chi connectivity index (χ0) is 19.6. The summed E-state index contributed by atoms with van der Waals surface area (Å²) in [6.07, 6.45) is -0.433. The van der Waals surface area contributed by atoms with Crippen LogP contribution in [0.5, 0.6) is 0 Å². The highest BCUT2D eigenvalue weighted by Gasteiger charge is 2.75. The summed E-state index contributed by atoms with van der Waals surface area (Å²) in [7, 11) is 0. The Balaban J connectivity index is 1.83. The normalized spacial score (nSPS) is 40.3. The molecule has 144 valence electrons. The van der Waals surface area contributed by atoms with Gasteiger partial charge in [0.25, 0.3) is 0 Å². The fraction of sp³-hybridized carbons (Fsp3) is 0.857. The zero-order valence-corrected chi connectivity index (χ0v) is 16.9. The van der Waals surface area contributed by atoms with E-state index in [4.69, 9.17) is 9.47 Å². The molecule has 5 nitrogen and oxygen atoms in total. The molecule has 2 aliphatic carbocycles. The summed E-state index contributed by atoms with van der Waals surface area (Å²) in [5.74, 6) is -0.286. The van der Waals surface area contributed by atoms with E-state index in [1.807, 2.05) is 0 Å². The van der Waals surface area contributed by atoms with Crippen LogP contribution in [0.2, 0.25) is 0 Å². The molecule has 1 saturated heterocycles. The molecule has 1 aliphatic heterocycles. The minimum absolute atomic E-state index is 0.0232. The standard InChI is InChI=1S/C21H31NO4/c1-10(2)11(3)15(20(5,6)7)18(23)25-16-13-8-21(9-22)14(12(13)4)17(16)26-19(21)24/h10-17H,8H2,1-7H3. The molecule has 0 radical (unpaired) electrons. The van der Waals surface area contributed by atoms with Crippen molar-refractivity contribution in [1.82, 2.24) is 0 Å². The van der Waals surface area contributed by atoms with Gasteiger partial charge in [0.1, 0.15) is 12.2 Å². The summed E-state index contributed by atoms with van der Waals surface area (Å²) in [6, 6.07) is 2.22. The van der Waals surface area contributed by atoms with Crippen molar-refractivity contribution in [3.8, 4) is 6.07 Å². The Bertz CT molecular complexity index is 658. The molecule has 2 bridgehead atoms. The van der Waals surface area contributed by atoms with Crippen LogP contribution < -0.4 is 0 Å². The highest BCUT2D eigenvalue weighted by atomic mass is 16.6. The van der Waals surface area contributed by atoms with E-state index in [0.717, 1.165) is 0 Å². The molecule has 5 heteroatoms. The third kappa shape index (κ3) is 2.48. The van der Waals surface area contributed by atoms with Crippen molar-refractivity contribution < 1.29 is 19.1 Å². The molecule has 0 aromatic heterocycles. The van der Waals surface area contributed by atoms with Crippen molar-refractivity contribution in [3.63, 3.8) is 0 Å². The van der Waals surface area contributed by atoms with Crippen LogP contribution in [0.3, 0.4) is 0 Å². The highest BCUT2D eigenvalue weighted by Crippen LogP contribution is 2.65. The summed E-state index contributed by atoms with van der Waals surface area (Å²) in [6.45, 7) is 14.6. The highest BCUT2D eigenvalue weighted by molar-refractivity contribution is 5.85. The molecule has 3 rings (SSSR count). The van der Waals surface area contributed by atoms with E-state index >= 15 is 0 Å². The Labute approximate surface area is 156 Å². The second kappa shape index (κ2) is 5.97. The summed E-state index contributed by atoms with van der Waals surface area (Å²) in [5, 5.41) is 9.59. The Morgan fingerprint density at radius 2 is 1.96 bits per heavy atom. The lowest BCUT2D eigenvalue weighted by atomic mass is 9.70. The molecule has 8 unspecified atom stereocenters. The monoisotopic (exact) mass is 361 g/mol. The van der Waals surface area contributed by atoms with Crippen molar-refractivity contribution in [3.05, 3.63) is 0 Å². The molecule has 0 spiro atoms. The molecule has 3 fully saturated rings. The molecule has 0 N–H and O–H groups in total. The average molecular weight is 361 g/mol. The number of ether oxygens (including phenoxy) is 2. The van der Waals surface area contributed by atoms with Gasteiger partial charge >= 0.3 is 11.9 Å². The molecule has 0 aromatic rings. The van der Waals surface area contributed by atoms with E-state index in [-0.39, 0.29) is 41.0 Å². The number of hydrogen-bond acceptors (Lipinski definition) is 5. The molecule has 2 saturated carbocycles. The van der Waals surface area contributed by atoms with Crippen LogP contribution in [0.4, 0.5) is 0 Å². The van der Waals surface area contributed by atoms with E-state index in [2.05, 4.69) is 54.5 Å². The van der Waals surface area contributed by atoms with Gasteiger partial charge in [-0.15, -0.1) is 0 Å². The van der Waals surface area contributed by atoms with E-state index in [0.29, 0.717) is 12.3 Å². The lowest BCUT2D eigenvalue weighted by Crippen LogP contribution is -2.44. The number of hydrogen-bond donors (Lipinski definition) is 0. The second-order valence-corrected chi connectivity index (χ2v) is 10.1. The lowest BCUT2D eigenvalue weighted by molar-refractivity contribution is -0.172. The molecular weight excluding hydrogens is 330 g/mol. The molecule has 26 heavy (non-hydrogen) atoms. The van der Waals surface area contributed by atoms with Crippen LogP contribution in [-0.4, -0.2) is 24.1 Å². The molecule has 1 heterocycles. The summed E-state index contributed by atoms with van der Waals surface area (Å²) >= 11 is 0. The fourth-order valence-corrected chi connectivity index (χ4v) is 5.71. The maximum atomic E-state index is 13.2. The van der Waals surface area contributed by atoms with Crippen LogP contribution in [-0.2, 0) is 19.1 Å². The first-order valence-electron chi connectivity index (χ1n) is 9.78. The maximum absolute atomic E-state index is 13.2. The first-order chi connectivity index (χ1) is 12.0. The SMILES string of the molecule is CC(C)C(C)C(C(=O)OC1C2CC3(C#N)C(=O)OC1C3C2C)C(C)(C)C. The van der Waals surface area contributed by atoms with E-state index < -0.39 is 23.6 Å². The maximum Gasteiger partial charge on any atom is 0.327 e. The lowest BCUT2D eigenvalue weighted by Gasteiger charge is -2.37. The second-order valence-electron chi connectivity index (χ2n) is 10.1. The van der Waals surface area contributed by atoms with Crippen molar-refractivity contribution in [1.29, 1.82) is 5.26 Å². The topological polar surface area (TPSA) is 76.4 Å². The Morgan fingerprint density at radius 1 is 1.35 bits per heavy atom. The summed E-state index contributed by atoms with van der Waals surface area (Å²) in [5.41, 5.74) is -1.24. The van der Waals surface area contributed by atoms with Gasteiger partial charge in [0.05, 0.1) is 12.0 Å². The molecule has 0 aromatic carbocycles. The molecule has 0 amide bonds. The largest absolute Gasteiger partial charge is 0.458 e. The van der Waals surface area contributed by atoms with Gasteiger partial charge in [-0.25, -0.2) is 0 Å². The number of esters is 2. The van der Waals surface area contributed by atoms with Crippen molar-refractivity contribution >= 4 is 11.9 Å². The van der Waals surface area contributed by atoms with Gasteiger partial charge in [-0.2, -0.15) is 5.26 Å². The van der Waals surface area contributed by atoms with Gasteiger partial charge in [0.15, 0.2) is 5.41 Å². The minimum Gasteiger partial charge on any atom is -0.458 e. The van der Waals surface area contributed by atoms with Crippen LogP contribution in [0, 0.1) is 57.7 Å². The minimum atomic E-state index is -1.02. The van der Waals surface area contributed by atoms with Gasteiger partial charge in [0, 0.05) is 11.8 Å². The van der Waals surface area contributed by atoms with E-state index in [9.17, 15) is 14.9 Å². The molecule has 3 aliphatic rings. The Morgan fingerprint density at radius 3 is 2.46 bits per heavy atom. The van der Waals surface area contributed by atoms with Crippen LogP contribution in [0.25, 0.3) is 0 Å². The number of carbonyl (C=O) groups excluding carboxylic acids is 2. The van der Waals surface area contributed by atoms with Gasteiger partial charge in [0.2, 0.25) is 0 Å². The van der Waals surface area contributed by atoms with E-state index in [1.54, 1.807) is 0 Å². The van der Waals surface area contributed by atoms with Crippen molar-refractivity contribution in [2.24, 2.45) is 46.3 Å². The average Bonchev–Trinajstić information content (AvgIpc) is 3.03. The number of nitrogens with zero attached hydrogens (tertiary/aromatic N) is 1. The van der Waals surface area contributed by atoms with Crippen LogP contribution in [0.1, 0.15) is 54.9 Å². The van der Waals surface area contributed by atoms with Gasteiger partial charge < -0.3 is 9.47 Å². The van der Waals surface area contributed by atoms with E-state index in [1.165, 1.54) is 0 Å². The quantitative estimate of drug-likeness (QED) is 0.715. The predicted molar refractivity (Wildman–Crippen MR) is 95.5 cm³/mol. The third-order valence-electron chi connectivity index (χ3n) is 7.29. The smallest absolute Gasteiger partial charge is 0.327 e. The Kier molecular flexibility index (Phi) is 4.41. The molecule has 8 atom stereocenters. The number of nitriles is 1. The fourth-order valence-electron chi connectivity index (χ4n) is 5.71. The Hall–Kier alpha value is -1.57. The van der Waals surface area contributed by atoms with Crippen molar-refractivity contribution in [2.45, 2.75) is 67.1 Å². The zero-order valence-electron chi connectivity index (χ0n) is 16.9. The number of rotatable bonds is 4. The number of carbonyl (C=O) groups is 2. The summed E-state index contributed by atoms with van der Waals surface area (Å²) in [4.78, 5) is 25.5. The first-order valence-corrected chi connectivity index (χ1v) is 9.78. The van der Waals surface area contributed by atoms with Gasteiger partial charge in [-0.3, -0.25) is 9.59 Å².